The van der Waals surface area contributed by atoms with Crippen LogP contribution in [0.15, 0.2) is 12.4 Å². The Balaban J connectivity index is 2.90. The molecule has 0 saturated heterocycles. The predicted octanol–water partition coefficient (Wildman–Crippen LogP) is 1.60. The van der Waals surface area contributed by atoms with Gasteiger partial charge in [-0.3, -0.25) is 9.59 Å². The van der Waals surface area contributed by atoms with E-state index in [2.05, 4.69) is 4.98 Å². The van der Waals surface area contributed by atoms with Crippen LogP contribution in [0, 0.1) is 11.3 Å². The molecular formula is C15H25N3O3. The van der Waals surface area contributed by atoms with Crippen LogP contribution < -0.4 is 0 Å². The van der Waals surface area contributed by atoms with Crippen LogP contribution in [0.5, 0.6) is 0 Å². The molecule has 0 aromatic carbocycles. The number of carbonyl (C=O) groups is 2. The average molecular weight is 295 g/mol. The zero-order valence-electron chi connectivity index (χ0n) is 13.7. The number of esters is 1. The van der Waals surface area contributed by atoms with E-state index in [4.69, 9.17) is 4.74 Å². The van der Waals surface area contributed by atoms with Crippen LogP contribution in [0.2, 0.25) is 0 Å². The van der Waals surface area contributed by atoms with Gasteiger partial charge in [-0.1, -0.05) is 20.8 Å². The molecule has 1 rings (SSSR count). The van der Waals surface area contributed by atoms with Crippen molar-refractivity contribution in [3.05, 3.63) is 18.2 Å². The lowest BCUT2D eigenvalue weighted by Gasteiger charge is -2.31. The Morgan fingerprint density at radius 1 is 1.43 bits per heavy atom. The highest BCUT2D eigenvalue weighted by Gasteiger charge is 2.40. The SMILES string of the molecule is CCOC(=O)C(C(=O)N(C)Cc1nccn1C)C(C)(C)C. The number of carbonyl (C=O) groups excluding carboxylic acids is 2. The van der Waals surface area contributed by atoms with Gasteiger partial charge < -0.3 is 14.2 Å². The van der Waals surface area contributed by atoms with Crippen molar-refractivity contribution in [3.63, 3.8) is 0 Å². The quantitative estimate of drug-likeness (QED) is 0.611. The normalized spacial score (nSPS) is 12.9. The molecule has 118 valence electrons. The van der Waals surface area contributed by atoms with Gasteiger partial charge in [0.1, 0.15) is 11.7 Å². The maximum atomic E-state index is 12.6. The van der Waals surface area contributed by atoms with Gasteiger partial charge in [-0.05, 0) is 12.3 Å². The number of hydrogen-bond acceptors (Lipinski definition) is 4. The standard InChI is InChI=1S/C15H25N3O3/c1-7-21-14(20)12(15(2,3)4)13(19)18(6)10-11-16-8-9-17(11)5/h8-9,12H,7,10H2,1-6H3. The molecule has 0 aliphatic heterocycles. The van der Waals surface area contributed by atoms with Crippen molar-refractivity contribution >= 4 is 11.9 Å². The van der Waals surface area contributed by atoms with E-state index >= 15 is 0 Å². The zero-order chi connectivity index (χ0) is 16.2. The summed E-state index contributed by atoms with van der Waals surface area (Å²) in [5, 5.41) is 0. The molecule has 0 fully saturated rings. The fourth-order valence-electron chi connectivity index (χ4n) is 2.11. The third kappa shape index (κ3) is 4.31. The summed E-state index contributed by atoms with van der Waals surface area (Å²) in [5.41, 5.74) is -0.501. The molecule has 0 radical (unpaired) electrons. The van der Waals surface area contributed by atoms with E-state index in [1.807, 2.05) is 38.6 Å². The van der Waals surface area contributed by atoms with Crippen molar-refractivity contribution in [2.45, 2.75) is 34.2 Å². The van der Waals surface area contributed by atoms with Crippen LogP contribution in [0.25, 0.3) is 0 Å². The molecule has 6 nitrogen and oxygen atoms in total. The van der Waals surface area contributed by atoms with Crippen molar-refractivity contribution in [2.24, 2.45) is 18.4 Å². The Labute approximate surface area is 126 Å². The monoisotopic (exact) mass is 295 g/mol. The van der Waals surface area contributed by atoms with E-state index in [0.717, 1.165) is 5.82 Å². The fourth-order valence-corrected chi connectivity index (χ4v) is 2.11. The molecule has 0 spiro atoms. The van der Waals surface area contributed by atoms with Crippen molar-refractivity contribution in [1.82, 2.24) is 14.5 Å². The second kappa shape index (κ2) is 6.74. The van der Waals surface area contributed by atoms with Gasteiger partial charge in [-0.2, -0.15) is 0 Å². The van der Waals surface area contributed by atoms with Crippen molar-refractivity contribution in [2.75, 3.05) is 13.7 Å². The first-order valence-electron chi connectivity index (χ1n) is 7.06. The van der Waals surface area contributed by atoms with Crippen molar-refractivity contribution in [3.8, 4) is 0 Å². The minimum atomic E-state index is -0.817. The summed E-state index contributed by atoms with van der Waals surface area (Å²) < 4.78 is 6.90. The summed E-state index contributed by atoms with van der Waals surface area (Å²) in [5.74, 6) is -0.768. The number of aromatic nitrogens is 2. The van der Waals surface area contributed by atoms with Gasteiger partial charge in [0, 0.05) is 26.5 Å². The first kappa shape index (κ1) is 17.2. The summed E-state index contributed by atoms with van der Waals surface area (Å²) in [6.45, 7) is 7.94. The lowest BCUT2D eigenvalue weighted by atomic mass is 9.80. The van der Waals surface area contributed by atoms with Gasteiger partial charge in [0.15, 0.2) is 0 Å². The second-order valence-corrected chi connectivity index (χ2v) is 6.20. The maximum absolute atomic E-state index is 12.6. The lowest BCUT2D eigenvalue weighted by Crippen LogP contribution is -2.44. The smallest absolute Gasteiger partial charge is 0.319 e. The molecule has 1 amide bonds. The fraction of sp³-hybridized carbons (Fsp3) is 0.667. The van der Waals surface area contributed by atoms with Crippen LogP contribution in [0.4, 0.5) is 0 Å². The van der Waals surface area contributed by atoms with Gasteiger partial charge in [0.2, 0.25) is 5.91 Å². The summed E-state index contributed by atoms with van der Waals surface area (Å²) in [4.78, 5) is 30.5. The lowest BCUT2D eigenvalue weighted by molar-refractivity contribution is -0.160. The minimum absolute atomic E-state index is 0.246. The van der Waals surface area contributed by atoms with Crippen molar-refractivity contribution < 1.29 is 14.3 Å². The molecule has 1 aromatic heterocycles. The highest BCUT2D eigenvalue weighted by atomic mass is 16.5. The molecule has 1 aromatic rings. The Hall–Kier alpha value is -1.85. The van der Waals surface area contributed by atoms with E-state index in [-0.39, 0.29) is 12.5 Å². The minimum Gasteiger partial charge on any atom is -0.465 e. The summed E-state index contributed by atoms with van der Waals surface area (Å²) in [6.07, 6.45) is 3.50. The molecular weight excluding hydrogens is 270 g/mol. The van der Waals surface area contributed by atoms with Gasteiger partial charge in [-0.25, -0.2) is 4.98 Å². The van der Waals surface area contributed by atoms with Crippen LogP contribution >= 0.6 is 0 Å². The number of hydrogen-bond donors (Lipinski definition) is 0. The molecule has 1 atom stereocenters. The topological polar surface area (TPSA) is 64.4 Å². The second-order valence-electron chi connectivity index (χ2n) is 6.20. The highest BCUT2D eigenvalue weighted by molar-refractivity contribution is 5.98. The van der Waals surface area contributed by atoms with Crippen LogP contribution in [0.3, 0.4) is 0 Å². The van der Waals surface area contributed by atoms with Gasteiger partial charge in [-0.15, -0.1) is 0 Å². The van der Waals surface area contributed by atoms with Crippen LogP contribution in [-0.4, -0.2) is 40.0 Å². The first-order valence-corrected chi connectivity index (χ1v) is 7.06. The van der Waals surface area contributed by atoms with Gasteiger partial charge >= 0.3 is 5.97 Å². The van der Waals surface area contributed by atoms with Crippen molar-refractivity contribution in [1.29, 1.82) is 0 Å². The Bertz CT molecular complexity index is 503. The number of rotatable bonds is 5. The molecule has 21 heavy (non-hydrogen) atoms. The zero-order valence-corrected chi connectivity index (χ0v) is 13.7. The molecule has 1 unspecified atom stereocenters. The Morgan fingerprint density at radius 3 is 2.48 bits per heavy atom. The van der Waals surface area contributed by atoms with Crippen LogP contribution in [0.1, 0.15) is 33.5 Å². The van der Waals surface area contributed by atoms with E-state index in [1.54, 1.807) is 20.2 Å². The molecule has 0 N–H and O–H groups in total. The number of nitrogens with zero attached hydrogens (tertiary/aromatic N) is 3. The summed E-state index contributed by atoms with van der Waals surface area (Å²) >= 11 is 0. The molecule has 1 heterocycles. The first-order chi connectivity index (χ1) is 9.68. The van der Waals surface area contributed by atoms with E-state index in [9.17, 15) is 9.59 Å². The van der Waals surface area contributed by atoms with Crippen LogP contribution in [-0.2, 0) is 27.9 Å². The number of amides is 1. The predicted molar refractivity (Wildman–Crippen MR) is 79.3 cm³/mol. The largest absolute Gasteiger partial charge is 0.465 e. The van der Waals surface area contributed by atoms with E-state index in [1.165, 1.54) is 4.90 Å². The number of ether oxygens (including phenoxy) is 1. The number of aryl methyl sites for hydroxylation is 1. The molecule has 0 bridgehead atoms. The van der Waals surface area contributed by atoms with Gasteiger partial charge in [0.05, 0.1) is 13.2 Å². The molecule has 0 aliphatic carbocycles. The van der Waals surface area contributed by atoms with E-state index < -0.39 is 17.3 Å². The third-order valence-corrected chi connectivity index (χ3v) is 3.31. The number of imidazole rings is 1. The van der Waals surface area contributed by atoms with E-state index in [0.29, 0.717) is 6.54 Å². The average Bonchev–Trinajstić information content (AvgIpc) is 2.73. The Kier molecular flexibility index (Phi) is 5.52. The Morgan fingerprint density at radius 2 is 2.05 bits per heavy atom. The molecule has 6 heteroatoms. The molecule has 0 saturated carbocycles. The highest BCUT2D eigenvalue weighted by Crippen LogP contribution is 2.29. The maximum Gasteiger partial charge on any atom is 0.319 e. The van der Waals surface area contributed by atoms with Gasteiger partial charge in [0.25, 0.3) is 0 Å². The summed E-state index contributed by atoms with van der Waals surface area (Å²) in [6, 6.07) is 0. The summed E-state index contributed by atoms with van der Waals surface area (Å²) in [7, 11) is 3.54. The third-order valence-electron chi connectivity index (χ3n) is 3.31. The molecule has 0 aliphatic rings.